The molecule has 0 saturated heterocycles. The Labute approximate surface area is 236 Å². The van der Waals surface area contributed by atoms with Crippen LogP contribution in [0, 0.1) is 41.0 Å². The van der Waals surface area contributed by atoms with Crippen LogP contribution in [0.4, 0.5) is 5.69 Å². The van der Waals surface area contributed by atoms with Gasteiger partial charge >= 0.3 is 0 Å². The van der Waals surface area contributed by atoms with Gasteiger partial charge in [0.2, 0.25) is 11.9 Å². The van der Waals surface area contributed by atoms with Crippen LogP contribution in [0.1, 0.15) is 17.0 Å². The highest BCUT2D eigenvalue weighted by Gasteiger charge is 2.30. The largest absolute Gasteiger partial charge is 0.248 e. The van der Waals surface area contributed by atoms with E-state index in [4.69, 9.17) is 9.97 Å². The van der Waals surface area contributed by atoms with E-state index in [1.54, 1.807) is 0 Å². The summed E-state index contributed by atoms with van der Waals surface area (Å²) in [5, 5.41) is 28.5. The highest BCUT2D eigenvalue weighted by molar-refractivity contribution is 6.23. The molecule has 7 nitrogen and oxygen atoms in total. The van der Waals surface area contributed by atoms with E-state index in [1.165, 1.54) is 0 Å². The van der Waals surface area contributed by atoms with Crippen molar-refractivity contribution in [3.63, 3.8) is 0 Å². The first-order valence-corrected chi connectivity index (χ1v) is 12.8. The third-order valence-electron chi connectivity index (χ3n) is 6.90. The van der Waals surface area contributed by atoms with Crippen molar-refractivity contribution in [3.8, 4) is 63.1 Å². The van der Waals surface area contributed by atoms with Crippen molar-refractivity contribution in [2.45, 2.75) is 6.92 Å². The van der Waals surface area contributed by atoms with Gasteiger partial charge in [-0.25, -0.2) is 15.0 Å². The second-order valence-electron chi connectivity index (χ2n) is 9.32. The summed E-state index contributed by atoms with van der Waals surface area (Å²) in [4.78, 5) is 18.4. The van der Waals surface area contributed by atoms with Crippen LogP contribution < -0.4 is 0 Å². The van der Waals surface area contributed by atoms with Crippen LogP contribution in [-0.4, -0.2) is 21.4 Å². The van der Waals surface area contributed by atoms with Crippen molar-refractivity contribution in [1.29, 1.82) is 15.8 Å². The third kappa shape index (κ3) is 4.53. The number of rotatable bonds is 4. The zero-order chi connectivity index (χ0) is 28.3. The molecule has 0 unspecified atom stereocenters. The Balaban J connectivity index is 1.53. The predicted molar refractivity (Wildman–Crippen MR) is 158 cm³/mol. The van der Waals surface area contributed by atoms with E-state index in [-0.39, 0.29) is 5.71 Å². The molecule has 190 valence electrons. The fraction of sp³-hybridized carbons (Fsp3) is 0.0294. The van der Waals surface area contributed by atoms with Gasteiger partial charge in [-0.3, -0.25) is 0 Å². The van der Waals surface area contributed by atoms with Gasteiger partial charge in [0.15, 0.2) is 0 Å². The molecule has 0 atom stereocenters. The molecule has 7 heteroatoms. The van der Waals surface area contributed by atoms with Gasteiger partial charge in [-0.15, -0.1) is 0 Å². The van der Waals surface area contributed by atoms with E-state index >= 15 is 0 Å². The fourth-order valence-corrected chi connectivity index (χ4v) is 5.00. The van der Waals surface area contributed by atoms with Crippen LogP contribution in [-0.2, 0) is 0 Å². The number of nitrogens with zero attached hydrogens (tertiary/aromatic N) is 7. The maximum atomic E-state index is 9.58. The van der Waals surface area contributed by atoms with Crippen LogP contribution in [0.15, 0.2) is 107 Å². The first kappa shape index (κ1) is 25.1. The lowest BCUT2D eigenvalue weighted by Gasteiger charge is -2.12. The molecular formula is C34H19N7. The first-order valence-electron chi connectivity index (χ1n) is 12.8. The SMILES string of the molecule is Cc1nc2c(nc1-c1ccc(-c3ccccc3)cc1N=C(C#N)C#N)C(=NC#N)c1cc(-c3ccccc3)ccc1-2. The quantitative estimate of drug-likeness (QED) is 0.178. The fourth-order valence-electron chi connectivity index (χ4n) is 5.00. The van der Waals surface area contributed by atoms with Gasteiger partial charge in [0.05, 0.1) is 22.8 Å². The van der Waals surface area contributed by atoms with Crippen molar-refractivity contribution in [3.05, 3.63) is 114 Å². The van der Waals surface area contributed by atoms with Crippen LogP contribution in [0.25, 0.3) is 44.8 Å². The number of aryl methyl sites for hydroxylation is 1. The van der Waals surface area contributed by atoms with E-state index in [0.29, 0.717) is 39.7 Å². The maximum Gasteiger partial charge on any atom is 0.218 e. The highest BCUT2D eigenvalue weighted by Crippen LogP contribution is 2.41. The monoisotopic (exact) mass is 525 g/mol. The Hall–Kier alpha value is -6.23. The summed E-state index contributed by atoms with van der Waals surface area (Å²) in [5.41, 5.74) is 9.04. The van der Waals surface area contributed by atoms with E-state index in [2.05, 4.69) is 9.98 Å². The van der Waals surface area contributed by atoms with Crippen molar-refractivity contribution in [2.75, 3.05) is 0 Å². The number of nitriles is 3. The summed E-state index contributed by atoms with van der Waals surface area (Å²) in [7, 11) is 0. The number of hydrogen-bond acceptors (Lipinski definition) is 7. The summed E-state index contributed by atoms with van der Waals surface area (Å²) in [6, 6.07) is 35.1. The van der Waals surface area contributed by atoms with E-state index in [9.17, 15) is 15.8 Å². The summed E-state index contributed by atoms with van der Waals surface area (Å²) < 4.78 is 0. The molecular weight excluding hydrogens is 506 g/mol. The standard InChI is InChI=1S/C34H19N7/c1-21-31(28-15-13-25(23-10-6-3-7-11-23)17-30(28)40-26(18-35)19-36)41-34-32(38-20-37)29-16-24(22-8-4-2-5-9-22)12-14-27(29)33(34)39-21/h2-17H,1H3. The molecule has 1 aromatic heterocycles. The van der Waals surface area contributed by atoms with Gasteiger partial charge in [-0.1, -0.05) is 78.9 Å². The lowest BCUT2D eigenvalue weighted by atomic mass is 9.99. The third-order valence-corrected chi connectivity index (χ3v) is 6.90. The molecule has 1 aliphatic carbocycles. The van der Waals surface area contributed by atoms with Gasteiger partial charge in [-0.2, -0.15) is 20.8 Å². The average molecular weight is 526 g/mol. The molecule has 4 aromatic carbocycles. The lowest BCUT2D eigenvalue weighted by Crippen LogP contribution is -2.05. The van der Waals surface area contributed by atoms with Crippen LogP contribution >= 0.6 is 0 Å². The minimum atomic E-state index is -0.268. The van der Waals surface area contributed by atoms with Gasteiger partial charge in [0.1, 0.15) is 23.5 Å². The number of fused-ring (bicyclic) bond motifs is 3. The molecule has 0 spiro atoms. The molecule has 0 aliphatic heterocycles. The molecule has 6 rings (SSSR count). The van der Waals surface area contributed by atoms with Crippen molar-refractivity contribution in [2.24, 2.45) is 9.98 Å². The number of aliphatic imine (C=N–C) groups is 2. The first-order chi connectivity index (χ1) is 20.1. The topological polar surface area (TPSA) is 122 Å². The second kappa shape index (κ2) is 10.5. The van der Waals surface area contributed by atoms with E-state index in [0.717, 1.165) is 33.4 Å². The Bertz CT molecular complexity index is 2000. The average Bonchev–Trinajstić information content (AvgIpc) is 3.31. The maximum absolute atomic E-state index is 9.58. The van der Waals surface area contributed by atoms with Crippen LogP contribution in [0.5, 0.6) is 0 Å². The number of aromatic nitrogens is 2. The minimum absolute atomic E-state index is 0.268. The van der Waals surface area contributed by atoms with Crippen LogP contribution in [0.3, 0.4) is 0 Å². The van der Waals surface area contributed by atoms with Gasteiger partial charge < -0.3 is 0 Å². The molecule has 0 amide bonds. The zero-order valence-corrected chi connectivity index (χ0v) is 21.9. The number of benzene rings is 4. The lowest BCUT2D eigenvalue weighted by molar-refractivity contribution is 1.12. The molecule has 5 aromatic rings. The molecule has 0 radical (unpaired) electrons. The minimum Gasteiger partial charge on any atom is -0.248 e. The molecule has 41 heavy (non-hydrogen) atoms. The molecule has 0 N–H and O–H groups in total. The van der Waals surface area contributed by atoms with Crippen LogP contribution in [0.2, 0.25) is 0 Å². The van der Waals surface area contributed by atoms with E-state index in [1.807, 2.05) is 122 Å². The number of hydrogen-bond donors (Lipinski definition) is 0. The Morgan fingerprint density at radius 1 is 0.610 bits per heavy atom. The molecule has 0 fully saturated rings. The van der Waals surface area contributed by atoms with Crippen molar-refractivity contribution >= 4 is 17.1 Å². The Morgan fingerprint density at radius 2 is 1.22 bits per heavy atom. The summed E-state index contributed by atoms with van der Waals surface area (Å²) in [5.74, 6) is 0. The smallest absolute Gasteiger partial charge is 0.218 e. The summed E-state index contributed by atoms with van der Waals surface area (Å²) >= 11 is 0. The normalized spacial score (nSPS) is 12.0. The zero-order valence-electron chi connectivity index (χ0n) is 21.9. The molecule has 1 heterocycles. The molecule has 0 saturated carbocycles. The second-order valence-corrected chi connectivity index (χ2v) is 9.32. The highest BCUT2D eigenvalue weighted by atomic mass is 14.9. The van der Waals surface area contributed by atoms with Gasteiger partial charge in [-0.05, 0) is 47.4 Å². The van der Waals surface area contributed by atoms with Crippen molar-refractivity contribution in [1.82, 2.24) is 9.97 Å². The van der Waals surface area contributed by atoms with Gasteiger partial charge in [0, 0.05) is 16.7 Å². The molecule has 0 bridgehead atoms. The predicted octanol–water partition coefficient (Wildman–Crippen LogP) is 7.20. The molecule has 1 aliphatic rings. The summed E-state index contributed by atoms with van der Waals surface area (Å²) in [6.07, 6.45) is 1.93. The summed E-state index contributed by atoms with van der Waals surface area (Å²) in [6.45, 7) is 1.86. The Morgan fingerprint density at radius 3 is 1.83 bits per heavy atom. The Kier molecular flexibility index (Phi) is 6.42. The van der Waals surface area contributed by atoms with Gasteiger partial charge in [0.25, 0.3) is 0 Å². The van der Waals surface area contributed by atoms with Crippen molar-refractivity contribution < 1.29 is 0 Å². The van der Waals surface area contributed by atoms with E-state index < -0.39 is 0 Å².